The zero-order chi connectivity index (χ0) is 24.3. The van der Waals surface area contributed by atoms with Crippen LogP contribution in [-0.4, -0.2) is 48.6 Å². The Bertz CT molecular complexity index is 964. The van der Waals surface area contributed by atoms with E-state index in [0.717, 1.165) is 47.6 Å². The van der Waals surface area contributed by atoms with Gasteiger partial charge in [0.25, 0.3) is 0 Å². The summed E-state index contributed by atoms with van der Waals surface area (Å²) in [6.45, 7) is 8.13. The number of amides is 3. The van der Waals surface area contributed by atoms with Gasteiger partial charge in [-0.15, -0.1) is 0 Å². The first-order chi connectivity index (χ1) is 16.8. The fourth-order valence-corrected chi connectivity index (χ4v) is 8.42. The van der Waals surface area contributed by atoms with Crippen molar-refractivity contribution in [2.24, 2.45) is 29.1 Å². The highest BCUT2D eigenvalue weighted by atomic mass is 16.5. The van der Waals surface area contributed by atoms with Crippen LogP contribution in [0.25, 0.3) is 0 Å². The Morgan fingerprint density at radius 2 is 1.69 bits per heavy atom. The number of nitrogens with one attached hydrogen (secondary N) is 1. The molecule has 6 nitrogen and oxygen atoms in total. The summed E-state index contributed by atoms with van der Waals surface area (Å²) in [5, 5.41) is 3.47. The van der Waals surface area contributed by atoms with E-state index in [1.54, 1.807) is 0 Å². The van der Waals surface area contributed by atoms with E-state index in [0.29, 0.717) is 25.0 Å². The number of hydrogen-bond donors (Lipinski definition) is 1. The van der Waals surface area contributed by atoms with Crippen LogP contribution in [0.15, 0.2) is 18.2 Å². The lowest BCUT2D eigenvalue weighted by molar-refractivity contribution is -0.130. The molecule has 4 aliphatic carbocycles. The van der Waals surface area contributed by atoms with Crippen molar-refractivity contribution in [3.63, 3.8) is 0 Å². The van der Waals surface area contributed by atoms with Crippen molar-refractivity contribution in [1.82, 2.24) is 10.2 Å². The molecule has 0 radical (unpaired) electrons. The lowest BCUT2D eigenvalue weighted by Gasteiger charge is -2.59. The van der Waals surface area contributed by atoms with E-state index in [9.17, 15) is 9.59 Å². The van der Waals surface area contributed by atoms with Crippen molar-refractivity contribution >= 4 is 17.6 Å². The minimum Gasteiger partial charge on any atom is -0.487 e. The van der Waals surface area contributed by atoms with Crippen molar-refractivity contribution in [2.45, 2.75) is 84.3 Å². The minimum atomic E-state index is -0.0384. The topological polar surface area (TPSA) is 61.9 Å². The van der Waals surface area contributed by atoms with Gasteiger partial charge in [0, 0.05) is 25.0 Å². The van der Waals surface area contributed by atoms with Gasteiger partial charge in [-0.2, -0.15) is 0 Å². The first kappa shape index (κ1) is 23.2. The van der Waals surface area contributed by atoms with Crippen LogP contribution in [0.5, 0.6) is 5.75 Å². The zero-order valence-corrected chi connectivity index (χ0v) is 21.6. The van der Waals surface area contributed by atoms with Gasteiger partial charge in [-0.05, 0) is 113 Å². The van der Waals surface area contributed by atoms with E-state index in [1.807, 2.05) is 41.8 Å². The molecule has 3 amide bonds. The molecule has 35 heavy (non-hydrogen) atoms. The molecule has 1 aromatic carbocycles. The average Bonchev–Trinajstić information content (AvgIpc) is 2.82. The van der Waals surface area contributed by atoms with Crippen molar-refractivity contribution in [1.29, 1.82) is 0 Å². The number of piperidine rings is 1. The Morgan fingerprint density at radius 1 is 1.06 bits per heavy atom. The molecule has 4 bridgehead atoms. The summed E-state index contributed by atoms with van der Waals surface area (Å²) in [6, 6.07) is 6.31. The summed E-state index contributed by atoms with van der Waals surface area (Å²) in [5.41, 5.74) is 2.31. The van der Waals surface area contributed by atoms with Crippen molar-refractivity contribution in [2.75, 3.05) is 24.5 Å². The number of likely N-dealkylation sites (tertiary alicyclic amines) is 1. The highest BCUT2D eigenvalue weighted by Gasteiger charge is 2.53. The van der Waals surface area contributed by atoms with Gasteiger partial charge in [0.1, 0.15) is 11.9 Å². The van der Waals surface area contributed by atoms with Crippen LogP contribution >= 0.6 is 0 Å². The summed E-state index contributed by atoms with van der Waals surface area (Å²) in [7, 11) is 0. The lowest BCUT2D eigenvalue weighted by atomic mass is 9.48. The van der Waals surface area contributed by atoms with Crippen LogP contribution in [0, 0.1) is 36.0 Å². The summed E-state index contributed by atoms with van der Waals surface area (Å²) < 4.78 is 5.96. The normalized spacial score (nSPS) is 34.8. The van der Waals surface area contributed by atoms with Gasteiger partial charge in [-0.3, -0.25) is 9.69 Å². The van der Waals surface area contributed by atoms with Gasteiger partial charge in [-0.25, -0.2) is 4.79 Å². The fraction of sp³-hybridized carbons (Fsp3) is 0.724. The van der Waals surface area contributed by atoms with Crippen molar-refractivity contribution in [3.8, 4) is 5.75 Å². The van der Waals surface area contributed by atoms with Gasteiger partial charge in [-0.1, -0.05) is 6.07 Å². The number of nitrogens with zero attached hydrogens (tertiary/aromatic N) is 2. The molecule has 5 fully saturated rings. The highest BCUT2D eigenvalue weighted by molar-refractivity contribution is 5.94. The highest BCUT2D eigenvalue weighted by Crippen LogP contribution is 2.61. The predicted octanol–water partition coefficient (Wildman–Crippen LogP) is 5.14. The maximum Gasteiger partial charge on any atom is 0.324 e. The number of anilines is 1. The summed E-state index contributed by atoms with van der Waals surface area (Å²) in [4.78, 5) is 30.6. The zero-order valence-electron chi connectivity index (χ0n) is 21.6. The Labute approximate surface area is 209 Å². The molecule has 6 aliphatic rings. The second-order valence-corrected chi connectivity index (χ2v) is 12.6. The maximum absolute atomic E-state index is 13.5. The van der Waals surface area contributed by atoms with Crippen LogP contribution in [0.3, 0.4) is 0 Å². The molecule has 0 aromatic heterocycles. The fourth-order valence-electron chi connectivity index (χ4n) is 8.42. The molecule has 1 N–H and O–H groups in total. The molecule has 4 saturated carbocycles. The largest absolute Gasteiger partial charge is 0.487 e. The number of aryl methyl sites for hydroxylation is 1. The summed E-state index contributed by atoms with van der Waals surface area (Å²) in [5.74, 6) is 3.68. The quantitative estimate of drug-likeness (QED) is 0.653. The minimum absolute atomic E-state index is 0.00792. The standard InChI is InChI=1S/C29H41N3O3/c1-18-4-5-26-25(10-18)32(17-19(2)35-26)28(34)31-8-6-24(7-9-31)27(33)30-20(3)29-14-21-11-22(15-29)13-23(12-21)16-29/h4-5,10,19-24H,6-9,11-17H2,1-3H3,(H,30,33)/t19-,20-,21?,22?,23?,29?/m1/s1. The third-order valence-corrected chi connectivity index (χ3v) is 9.90. The number of ether oxygens (including phenoxy) is 1. The second-order valence-electron chi connectivity index (χ2n) is 12.6. The SMILES string of the molecule is Cc1ccc2c(c1)N(C(=O)N1CCC(C(=O)N[C@H](C)C34CC5CC(CC(C5)C3)C4)CC1)C[C@@H](C)O2. The third-order valence-electron chi connectivity index (χ3n) is 9.90. The molecule has 2 aliphatic heterocycles. The molecule has 7 rings (SSSR count). The number of fused-ring (bicyclic) bond motifs is 1. The van der Waals surface area contributed by atoms with Crippen LogP contribution < -0.4 is 15.0 Å². The van der Waals surface area contributed by atoms with Crippen LogP contribution in [-0.2, 0) is 4.79 Å². The van der Waals surface area contributed by atoms with Crippen LogP contribution in [0.4, 0.5) is 10.5 Å². The first-order valence-electron chi connectivity index (χ1n) is 13.9. The van der Waals surface area contributed by atoms with E-state index >= 15 is 0 Å². The van der Waals surface area contributed by atoms with Crippen molar-refractivity contribution in [3.05, 3.63) is 23.8 Å². The van der Waals surface area contributed by atoms with Gasteiger partial charge >= 0.3 is 6.03 Å². The van der Waals surface area contributed by atoms with E-state index in [-0.39, 0.29) is 30.0 Å². The van der Waals surface area contributed by atoms with E-state index in [4.69, 9.17) is 4.74 Å². The molecule has 0 unspecified atom stereocenters. The van der Waals surface area contributed by atoms with Gasteiger partial charge < -0.3 is 15.0 Å². The third kappa shape index (κ3) is 4.21. The smallest absolute Gasteiger partial charge is 0.324 e. The molecular formula is C29H41N3O3. The Kier molecular flexibility index (Phi) is 5.76. The Balaban J connectivity index is 1.06. The number of carbonyl (C=O) groups excluding carboxylic acids is 2. The number of benzene rings is 1. The molecule has 190 valence electrons. The predicted molar refractivity (Wildman–Crippen MR) is 137 cm³/mol. The summed E-state index contributed by atoms with van der Waals surface area (Å²) >= 11 is 0. The average molecular weight is 480 g/mol. The van der Waals surface area contributed by atoms with Crippen molar-refractivity contribution < 1.29 is 14.3 Å². The Morgan fingerprint density at radius 3 is 2.31 bits per heavy atom. The number of rotatable bonds is 3. The number of hydrogen-bond acceptors (Lipinski definition) is 3. The number of urea groups is 1. The van der Waals surface area contributed by atoms with E-state index in [2.05, 4.69) is 12.2 Å². The van der Waals surface area contributed by atoms with Crippen LogP contribution in [0.2, 0.25) is 0 Å². The molecule has 1 saturated heterocycles. The van der Waals surface area contributed by atoms with E-state index in [1.165, 1.54) is 38.5 Å². The van der Waals surface area contributed by atoms with Gasteiger partial charge in [0.15, 0.2) is 0 Å². The molecular weight excluding hydrogens is 438 g/mol. The Hall–Kier alpha value is -2.24. The lowest BCUT2D eigenvalue weighted by Crippen LogP contribution is -2.57. The second kappa shape index (κ2) is 8.70. The molecule has 2 atom stereocenters. The monoisotopic (exact) mass is 479 g/mol. The van der Waals surface area contributed by atoms with E-state index < -0.39 is 0 Å². The molecule has 1 aromatic rings. The molecule has 2 heterocycles. The number of carbonyl (C=O) groups is 2. The van der Waals surface area contributed by atoms with Gasteiger partial charge in [0.2, 0.25) is 5.91 Å². The first-order valence-corrected chi connectivity index (χ1v) is 13.9. The molecule has 6 heteroatoms. The van der Waals surface area contributed by atoms with Gasteiger partial charge in [0.05, 0.1) is 12.2 Å². The molecule has 0 spiro atoms. The van der Waals surface area contributed by atoms with Crippen LogP contribution in [0.1, 0.15) is 70.8 Å². The summed E-state index contributed by atoms with van der Waals surface area (Å²) in [6.07, 6.45) is 9.67. The maximum atomic E-state index is 13.5.